The summed E-state index contributed by atoms with van der Waals surface area (Å²) in [6.07, 6.45) is 1.14. The predicted octanol–water partition coefficient (Wildman–Crippen LogP) is 2.98. The van der Waals surface area contributed by atoms with E-state index in [2.05, 4.69) is 0 Å². The molecule has 3 rings (SSSR count). The SMILES string of the molecule is CCCc1c2oc(C(C)=O)cc(=O)c2cc2c(=O)cc(C(=O)O)n(CC)c12. The molecule has 0 amide bonds. The number of fused-ring (bicyclic) bond motifs is 2. The Bertz CT molecular complexity index is 1220. The first-order valence-electron chi connectivity index (χ1n) is 8.71. The second-order valence-corrected chi connectivity index (χ2v) is 6.35. The average molecular weight is 369 g/mol. The molecule has 27 heavy (non-hydrogen) atoms. The van der Waals surface area contributed by atoms with Crippen LogP contribution in [0.1, 0.15) is 53.8 Å². The van der Waals surface area contributed by atoms with Gasteiger partial charge < -0.3 is 14.1 Å². The standard InChI is InChI=1S/C20H19NO6/c1-4-6-11-18-12(15(23)8-14(20(25)26)21(18)5-2)7-13-16(24)9-17(10(3)22)27-19(11)13/h7-9H,4-6H2,1-3H3,(H,25,26). The first-order valence-corrected chi connectivity index (χ1v) is 8.71. The van der Waals surface area contributed by atoms with Gasteiger partial charge in [0.2, 0.25) is 0 Å². The molecule has 1 aromatic carbocycles. The van der Waals surface area contributed by atoms with Gasteiger partial charge in [-0.2, -0.15) is 0 Å². The van der Waals surface area contributed by atoms with Crippen molar-refractivity contribution in [1.82, 2.24) is 4.57 Å². The summed E-state index contributed by atoms with van der Waals surface area (Å²) in [5, 5.41) is 9.97. The number of aromatic carboxylic acids is 1. The highest BCUT2D eigenvalue weighted by molar-refractivity contribution is 6.01. The predicted molar refractivity (Wildman–Crippen MR) is 101 cm³/mol. The van der Waals surface area contributed by atoms with E-state index in [4.69, 9.17) is 4.42 Å². The molecule has 2 heterocycles. The van der Waals surface area contributed by atoms with Gasteiger partial charge in [-0.15, -0.1) is 0 Å². The largest absolute Gasteiger partial charge is 0.477 e. The van der Waals surface area contributed by atoms with Gasteiger partial charge in [-0.1, -0.05) is 13.3 Å². The van der Waals surface area contributed by atoms with E-state index in [1.54, 1.807) is 6.92 Å². The lowest BCUT2D eigenvalue weighted by Gasteiger charge is -2.17. The van der Waals surface area contributed by atoms with Crippen LogP contribution in [0.3, 0.4) is 0 Å². The van der Waals surface area contributed by atoms with Crippen LogP contribution in [0.5, 0.6) is 0 Å². The lowest BCUT2D eigenvalue weighted by atomic mass is 9.99. The number of hydrogen-bond donors (Lipinski definition) is 1. The summed E-state index contributed by atoms with van der Waals surface area (Å²) < 4.78 is 7.25. The van der Waals surface area contributed by atoms with E-state index in [1.165, 1.54) is 17.6 Å². The number of carbonyl (C=O) groups excluding carboxylic acids is 1. The second-order valence-electron chi connectivity index (χ2n) is 6.35. The fourth-order valence-corrected chi connectivity index (χ4v) is 3.40. The summed E-state index contributed by atoms with van der Waals surface area (Å²) in [7, 11) is 0. The van der Waals surface area contributed by atoms with Crippen LogP contribution in [0.2, 0.25) is 0 Å². The molecule has 0 bridgehead atoms. The van der Waals surface area contributed by atoms with Gasteiger partial charge in [0.15, 0.2) is 22.4 Å². The molecular weight excluding hydrogens is 350 g/mol. The van der Waals surface area contributed by atoms with Crippen molar-refractivity contribution >= 4 is 33.6 Å². The van der Waals surface area contributed by atoms with E-state index >= 15 is 0 Å². The van der Waals surface area contributed by atoms with E-state index in [0.717, 1.165) is 12.1 Å². The molecule has 3 aromatic rings. The van der Waals surface area contributed by atoms with Gasteiger partial charge >= 0.3 is 5.97 Å². The second kappa shape index (κ2) is 6.83. The minimum absolute atomic E-state index is 0.0658. The lowest BCUT2D eigenvalue weighted by Crippen LogP contribution is -2.19. The number of hydrogen-bond acceptors (Lipinski definition) is 5. The van der Waals surface area contributed by atoms with Gasteiger partial charge in [0.1, 0.15) is 11.3 Å². The smallest absolute Gasteiger partial charge is 0.352 e. The van der Waals surface area contributed by atoms with Crippen LogP contribution in [0, 0.1) is 0 Å². The summed E-state index contributed by atoms with van der Waals surface area (Å²) >= 11 is 0. The molecule has 0 unspecified atom stereocenters. The minimum Gasteiger partial charge on any atom is -0.477 e. The maximum absolute atomic E-state index is 12.6. The van der Waals surface area contributed by atoms with E-state index in [1.807, 2.05) is 6.92 Å². The van der Waals surface area contributed by atoms with Crippen LogP contribution in [-0.2, 0) is 13.0 Å². The zero-order valence-corrected chi connectivity index (χ0v) is 15.3. The number of ketones is 1. The van der Waals surface area contributed by atoms with Crippen molar-refractivity contribution in [3.05, 3.63) is 55.7 Å². The molecule has 0 saturated carbocycles. The highest BCUT2D eigenvalue weighted by Crippen LogP contribution is 2.28. The van der Waals surface area contributed by atoms with Crippen molar-refractivity contribution in [3.63, 3.8) is 0 Å². The summed E-state index contributed by atoms with van der Waals surface area (Å²) in [5.41, 5.74) is 0.211. The highest BCUT2D eigenvalue weighted by Gasteiger charge is 2.21. The number of carboxylic acid groups (broad SMARTS) is 1. The third-order valence-electron chi connectivity index (χ3n) is 4.56. The normalized spacial score (nSPS) is 11.2. The molecule has 0 atom stereocenters. The van der Waals surface area contributed by atoms with Gasteiger partial charge in [0, 0.05) is 36.6 Å². The summed E-state index contributed by atoms with van der Waals surface area (Å²) in [4.78, 5) is 48.5. The number of rotatable bonds is 5. The molecule has 2 aromatic heterocycles. The zero-order chi connectivity index (χ0) is 19.9. The molecule has 0 aliphatic carbocycles. The fraction of sp³-hybridized carbons (Fsp3) is 0.300. The molecule has 0 radical (unpaired) electrons. The van der Waals surface area contributed by atoms with Gasteiger partial charge in [0.25, 0.3) is 0 Å². The van der Waals surface area contributed by atoms with Crippen LogP contribution < -0.4 is 10.9 Å². The highest BCUT2D eigenvalue weighted by atomic mass is 16.4. The third kappa shape index (κ3) is 2.95. The number of benzene rings is 1. The van der Waals surface area contributed by atoms with E-state index in [0.29, 0.717) is 30.5 Å². The Labute approximate surface area is 153 Å². The first-order chi connectivity index (χ1) is 12.8. The zero-order valence-electron chi connectivity index (χ0n) is 15.3. The Morgan fingerprint density at radius 1 is 1.07 bits per heavy atom. The van der Waals surface area contributed by atoms with Gasteiger partial charge in [0.05, 0.1) is 10.9 Å². The molecule has 0 spiro atoms. The number of carbonyl (C=O) groups is 2. The maximum atomic E-state index is 12.6. The fourth-order valence-electron chi connectivity index (χ4n) is 3.40. The third-order valence-corrected chi connectivity index (χ3v) is 4.56. The van der Waals surface area contributed by atoms with Gasteiger partial charge in [-0.3, -0.25) is 14.4 Å². The Morgan fingerprint density at radius 3 is 2.30 bits per heavy atom. The number of aromatic nitrogens is 1. The van der Waals surface area contributed by atoms with E-state index in [9.17, 15) is 24.3 Å². The number of Topliss-reactive ketones (excluding diaryl/α,β-unsaturated/α-hetero) is 1. The van der Waals surface area contributed by atoms with Crippen molar-refractivity contribution in [2.45, 2.75) is 40.2 Å². The summed E-state index contributed by atoms with van der Waals surface area (Å²) in [6.45, 7) is 5.32. The van der Waals surface area contributed by atoms with E-state index < -0.39 is 16.8 Å². The van der Waals surface area contributed by atoms with Crippen LogP contribution >= 0.6 is 0 Å². The van der Waals surface area contributed by atoms with Crippen LogP contribution in [0.25, 0.3) is 21.9 Å². The number of pyridine rings is 1. The molecule has 7 heteroatoms. The number of nitrogens with zero attached hydrogens (tertiary/aromatic N) is 1. The van der Waals surface area contributed by atoms with Gasteiger partial charge in [-0.05, 0) is 19.4 Å². The van der Waals surface area contributed by atoms with Crippen molar-refractivity contribution in [3.8, 4) is 0 Å². The average Bonchev–Trinajstić information content (AvgIpc) is 2.62. The van der Waals surface area contributed by atoms with Crippen molar-refractivity contribution in [2.24, 2.45) is 0 Å². The minimum atomic E-state index is -1.21. The molecule has 140 valence electrons. The van der Waals surface area contributed by atoms with Crippen LogP contribution in [0.4, 0.5) is 0 Å². The van der Waals surface area contributed by atoms with Gasteiger partial charge in [-0.25, -0.2) is 4.79 Å². The Balaban J connectivity index is 2.66. The maximum Gasteiger partial charge on any atom is 0.352 e. The first kappa shape index (κ1) is 18.6. The molecule has 7 nitrogen and oxygen atoms in total. The molecule has 0 aliphatic rings. The number of aryl methyl sites for hydroxylation is 2. The summed E-state index contributed by atoms with van der Waals surface area (Å²) in [6, 6.07) is 3.62. The number of carboxylic acids is 1. The lowest BCUT2D eigenvalue weighted by molar-refractivity contribution is 0.0684. The van der Waals surface area contributed by atoms with Crippen molar-refractivity contribution in [1.29, 1.82) is 0 Å². The van der Waals surface area contributed by atoms with Crippen molar-refractivity contribution < 1.29 is 19.1 Å². The molecule has 0 saturated heterocycles. The molecule has 0 aliphatic heterocycles. The molecule has 0 fully saturated rings. The Morgan fingerprint density at radius 2 is 1.74 bits per heavy atom. The molecule has 1 N–H and O–H groups in total. The quantitative estimate of drug-likeness (QED) is 0.547. The van der Waals surface area contributed by atoms with E-state index in [-0.39, 0.29) is 33.6 Å². The van der Waals surface area contributed by atoms with Crippen LogP contribution in [0.15, 0.2) is 32.2 Å². The Hall–Kier alpha value is -3.22. The summed E-state index contributed by atoms with van der Waals surface area (Å²) in [5.74, 6) is -1.66. The Kier molecular flexibility index (Phi) is 4.70. The molecular formula is C20H19NO6. The monoisotopic (exact) mass is 369 g/mol. The van der Waals surface area contributed by atoms with Crippen molar-refractivity contribution in [2.75, 3.05) is 0 Å². The van der Waals surface area contributed by atoms with Crippen LogP contribution in [-0.4, -0.2) is 21.4 Å². The topological polar surface area (TPSA) is 107 Å².